The molecular weight excluding hydrogens is 340 g/mol. The van der Waals surface area contributed by atoms with E-state index in [9.17, 15) is 4.79 Å². The van der Waals surface area contributed by atoms with E-state index in [0.717, 1.165) is 18.4 Å². The number of rotatable bonds is 5. The SMILES string of the molecule is Cl.O=C(Nc1nccc(C=NC2CCCC2)n1)OCc1ccccc1. The van der Waals surface area contributed by atoms with Gasteiger partial charge in [0.05, 0.1) is 11.7 Å². The Morgan fingerprint density at radius 2 is 2.00 bits per heavy atom. The van der Waals surface area contributed by atoms with Gasteiger partial charge in [-0.1, -0.05) is 43.2 Å². The van der Waals surface area contributed by atoms with E-state index in [1.807, 2.05) is 30.3 Å². The predicted molar refractivity (Wildman–Crippen MR) is 99.4 cm³/mol. The molecule has 1 aromatic carbocycles. The molecule has 1 amide bonds. The van der Waals surface area contributed by atoms with Crippen molar-refractivity contribution >= 4 is 30.7 Å². The van der Waals surface area contributed by atoms with Crippen LogP contribution in [0.5, 0.6) is 0 Å². The van der Waals surface area contributed by atoms with Crippen molar-refractivity contribution in [2.45, 2.75) is 38.3 Å². The zero-order valence-electron chi connectivity index (χ0n) is 13.8. The largest absolute Gasteiger partial charge is 0.444 e. The number of carbonyl (C=O) groups is 1. The van der Waals surface area contributed by atoms with Crippen LogP contribution in [0, 0.1) is 0 Å². The molecule has 0 spiro atoms. The monoisotopic (exact) mass is 360 g/mol. The summed E-state index contributed by atoms with van der Waals surface area (Å²) in [7, 11) is 0. The lowest BCUT2D eigenvalue weighted by atomic mass is 10.2. The van der Waals surface area contributed by atoms with Crippen LogP contribution in [0.3, 0.4) is 0 Å². The number of benzene rings is 1. The summed E-state index contributed by atoms with van der Waals surface area (Å²) < 4.78 is 5.15. The minimum atomic E-state index is -0.580. The summed E-state index contributed by atoms with van der Waals surface area (Å²) in [6, 6.07) is 11.6. The van der Waals surface area contributed by atoms with Crippen LogP contribution in [0.25, 0.3) is 0 Å². The molecule has 25 heavy (non-hydrogen) atoms. The summed E-state index contributed by atoms with van der Waals surface area (Å²) in [6.07, 6.45) is 7.52. The third-order valence-electron chi connectivity index (χ3n) is 3.85. The van der Waals surface area contributed by atoms with Crippen molar-refractivity contribution in [2.75, 3.05) is 5.32 Å². The van der Waals surface area contributed by atoms with Crippen LogP contribution in [0.15, 0.2) is 47.6 Å². The van der Waals surface area contributed by atoms with Gasteiger partial charge in [0.1, 0.15) is 6.61 Å². The number of halogens is 1. The standard InChI is InChI=1S/C18H20N4O2.ClH/c23-18(24-13-14-6-2-1-3-7-14)22-17-19-11-10-16(21-17)12-20-15-8-4-5-9-15;/h1-3,6-7,10-12,15H,4-5,8-9,13H2,(H,19,21,22,23);1H. The molecule has 0 atom stereocenters. The maximum absolute atomic E-state index is 11.8. The highest BCUT2D eigenvalue weighted by Crippen LogP contribution is 2.20. The summed E-state index contributed by atoms with van der Waals surface area (Å²) in [4.78, 5) is 24.6. The molecule has 2 aromatic rings. The molecule has 0 bridgehead atoms. The molecular formula is C18H21ClN4O2. The molecule has 1 fully saturated rings. The van der Waals surface area contributed by atoms with Crippen molar-refractivity contribution in [1.29, 1.82) is 0 Å². The number of nitrogens with one attached hydrogen (secondary N) is 1. The van der Waals surface area contributed by atoms with Crippen molar-refractivity contribution in [3.8, 4) is 0 Å². The molecule has 132 valence electrons. The number of hydrogen-bond donors (Lipinski definition) is 1. The number of nitrogens with zero attached hydrogens (tertiary/aromatic N) is 3. The molecule has 3 rings (SSSR count). The van der Waals surface area contributed by atoms with Crippen molar-refractivity contribution in [3.63, 3.8) is 0 Å². The number of aliphatic imine (C=N–C) groups is 1. The molecule has 1 aromatic heterocycles. The van der Waals surface area contributed by atoms with E-state index >= 15 is 0 Å². The molecule has 1 heterocycles. The lowest BCUT2D eigenvalue weighted by molar-refractivity contribution is 0.155. The van der Waals surface area contributed by atoms with E-state index in [2.05, 4.69) is 20.3 Å². The molecule has 1 N–H and O–H groups in total. The van der Waals surface area contributed by atoms with E-state index in [4.69, 9.17) is 4.74 Å². The molecule has 6 nitrogen and oxygen atoms in total. The summed E-state index contributed by atoms with van der Waals surface area (Å²) in [5, 5.41) is 2.54. The van der Waals surface area contributed by atoms with Gasteiger partial charge in [-0.2, -0.15) is 0 Å². The Kier molecular flexibility index (Phi) is 7.35. The van der Waals surface area contributed by atoms with Gasteiger partial charge in [-0.25, -0.2) is 14.8 Å². The van der Waals surface area contributed by atoms with Crippen LogP contribution in [-0.2, 0) is 11.3 Å². The summed E-state index contributed by atoms with van der Waals surface area (Å²) in [5.74, 6) is 0.212. The highest BCUT2D eigenvalue weighted by Gasteiger charge is 2.12. The fourth-order valence-electron chi connectivity index (χ4n) is 2.59. The Morgan fingerprint density at radius 1 is 1.24 bits per heavy atom. The van der Waals surface area contributed by atoms with Gasteiger partial charge >= 0.3 is 6.09 Å². The fourth-order valence-corrected chi connectivity index (χ4v) is 2.59. The summed E-state index contributed by atoms with van der Waals surface area (Å²) in [6.45, 7) is 0.204. The predicted octanol–water partition coefficient (Wildman–Crippen LogP) is 4.01. The third kappa shape index (κ3) is 6.15. The van der Waals surface area contributed by atoms with E-state index in [-0.39, 0.29) is 25.0 Å². The molecule has 0 aliphatic heterocycles. The van der Waals surface area contributed by atoms with Crippen molar-refractivity contribution in [3.05, 3.63) is 53.9 Å². The van der Waals surface area contributed by atoms with Crippen molar-refractivity contribution in [2.24, 2.45) is 4.99 Å². The van der Waals surface area contributed by atoms with E-state index in [1.165, 1.54) is 12.8 Å². The van der Waals surface area contributed by atoms with Crippen LogP contribution in [-0.4, -0.2) is 28.3 Å². The third-order valence-corrected chi connectivity index (χ3v) is 3.85. The van der Waals surface area contributed by atoms with Gasteiger partial charge in [0.15, 0.2) is 0 Å². The number of aromatic nitrogens is 2. The van der Waals surface area contributed by atoms with E-state index in [0.29, 0.717) is 11.7 Å². The van der Waals surface area contributed by atoms with Crippen LogP contribution < -0.4 is 5.32 Å². The fraction of sp³-hybridized carbons (Fsp3) is 0.333. The smallest absolute Gasteiger partial charge is 0.414 e. The first-order valence-corrected chi connectivity index (χ1v) is 8.13. The zero-order valence-corrected chi connectivity index (χ0v) is 14.6. The van der Waals surface area contributed by atoms with E-state index < -0.39 is 6.09 Å². The Hall–Kier alpha value is -2.47. The molecule has 1 aliphatic carbocycles. The Morgan fingerprint density at radius 3 is 2.76 bits per heavy atom. The van der Waals surface area contributed by atoms with Gasteiger partial charge in [0, 0.05) is 12.4 Å². The van der Waals surface area contributed by atoms with Gasteiger partial charge < -0.3 is 4.74 Å². The van der Waals surface area contributed by atoms with Gasteiger partial charge in [-0.05, 0) is 24.5 Å². The molecule has 0 radical (unpaired) electrons. The maximum atomic E-state index is 11.8. The van der Waals surface area contributed by atoms with Gasteiger partial charge in [0.2, 0.25) is 5.95 Å². The molecule has 1 aliphatic rings. The number of hydrogen-bond acceptors (Lipinski definition) is 5. The van der Waals surface area contributed by atoms with Crippen LogP contribution in [0.4, 0.5) is 10.7 Å². The topological polar surface area (TPSA) is 76.5 Å². The van der Waals surface area contributed by atoms with Crippen LogP contribution >= 0.6 is 12.4 Å². The lowest BCUT2D eigenvalue weighted by Gasteiger charge is -2.06. The first kappa shape index (κ1) is 18.9. The number of anilines is 1. The number of amides is 1. The minimum absolute atomic E-state index is 0. The van der Waals surface area contributed by atoms with E-state index in [1.54, 1.807) is 18.5 Å². The first-order chi connectivity index (χ1) is 11.8. The van der Waals surface area contributed by atoms with Crippen molar-refractivity contribution < 1.29 is 9.53 Å². The second-order valence-electron chi connectivity index (χ2n) is 5.71. The number of carbonyl (C=O) groups excluding carboxylic acids is 1. The molecule has 1 saturated carbocycles. The normalized spacial score (nSPS) is 14.2. The van der Waals surface area contributed by atoms with Crippen LogP contribution in [0.2, 0.25) is 0 Å². The zero-order chi connectivity index (χ0) is 16.6. The first-order valence-electron chi connectivity index (χ1n) is 8.13. The van der Waals surface area contributed by atoms with Crippen LogP contribution in [0.1, 0.15) is 36.9 Å². The Bertz CT molecular complexity index is 703. The Labute approximate surface area is 153 Å². The summed E-state index contributed by atoms with van der Waals surface area (Å²) in [5.41, 5.74) is 1.60. The van der Waals surface area contributed by atoms with Gasteiger partial charge in [-0.3, -0.25) is 10.3 Å². The second-order valence-corrected chi connectivity index (χ2v) is 5.71. The average Bonchev–Trinajstić information content (AvgIpc) is 3.13. The number of ether oxygens (including phenoxy) is 1. The second kappa shape index (κ2) is 9.74. The lowest BCUT2D eigenvalue weighted by Crippen LogP contribution is -2.16. The molecule has 0 saturated heterocycles. The minimum Gasteiger partial charge on any atom is -0.444 e. The highest BCUT2D eigenvalue weighted by molar-refractivity contribution is 5.85. The maximum Gasteiger partial charge on any atom is 0.414 e. The molecule has 0 unspecified atom stereocenters. The Balaban J connectivity index is 0.00000225. The quantitative estimate of drug-likeness (QED) is 0.817. The van der Waals surface area contributed by atoms with Gasteiger partial charge in [-0.15, -0.1) is 12.4 Å². The molecule has 7 heteroatoms. The highest BCUT2D eigenvalue weighted by atomic mass is 35.5. The van der Waals surface area contributed by atoms with Gasteiger partial charge in [0.25, 0.3) is 0 Å². The average molecular weight is 361 g/mol. The summed E-state index contributed by atoms with van der Waals surface area (Å²) >= 11 is 0. The van der Waals surface area contributed by atoms with Crippen molar-refractivity contribution in [1.82, 2.24) is 9.97 Å².